The van der Waals surface area contributed by atoms with Crippen LogP contribution in [0.3, 0.4) is 0 Å². The fourth-order valence-corrected chi connectivity index (χ4v) is 1.00. The summed E-state index contributed by atoms with van der Waals surface area (Å²) in [5.41, 5.74) is 5.60. The molecule has 4 heteroatoms. The van der Waals surface area contributed by atoms with Crippen LogP contribution in [-0.4, -0.2) is 32.2 Å². The summed E-state index contributed by atoms with van der Waals surface area (Å²) in [7, 11) is 1.64. The van der Waals surface area contributed by atoms with Crippen LogP contribution in [0.15, 0.2) is 0 Å². The minimum atomic E-state index is -0.354. The Kier molecular flexibility index (Phi) is 7.63. The Morgan fingerprint density at radius 2 is 2.31 bits per heavy atom. The van der Waals surface area contributed by atoms with Crippen LogP contribution in [0, 0.1) is 0 Å². The summed E-state index contributed by atoms with van der Waals surface area (Å²) >= 11 is 0. The lowest BCUT2D eigenvalue weighted by atomic mass is 10.2. The Balaban J connectivity index is 3.38. The molecule has 0 radical (unpaired) electrons. The fraction of sp³-hybridized carbons (Fsp3) is 0.889. The number of amides is 1. The molecule has 0 spiro atoms. The highest BCUT2D eigenvalue weighted by Crippen LogP contribution is 1.92. The molecular weight excluding hydrogens is 168 g/mol. The van der Waals surface area contributed by atoms with Gasteiger partial charge in [-0.15, -0.1) is 0 Å². The van der Waals surface area contributed by atoms with Crippen LogP contribution in [0.2, 0.25) is 0 Å². The first kappa shape index (κ1) is 12.4. The summed E-state index contributed by atoms with van der Waals surface area (Å²) in [4.78, 5) is 11.2. The minimum absolute atomic E-state index is 0.0575. The molecule has 0 aromatic heterocycles. The maximum atomic E-state index is 11.2. The molecule has 0 aromatic rings. The van der Waals surface area contributed by atoms with E-state index >= 15 is 0 Å². The molecule has 1 atom stereocenters. The molecule has 0 aromatic carbocycles. The largest absolute Gasteiger partial charge is 0.385 e. The van der Waals surface area contributed by atoms with Crippen molar-refractivity contribution in [1.29, 1.82) is 0 Å². The van der Waals surface area contributed by atoms with Crippen molar-refractivity contribution in [2.45, 2.75) is 32.2 Å². The molecule has 13 heavy (non-hydrogen) atoms. The predicted molar refractivity (Wildman–Crippen MR) is 52.4 cm³/mol. The normalized spacial score (nSPS) is 12.5. The lowest BCUT2D eigenvalue weighted by Gasteiger charge is -2.10. The molecule has 1 amide bonds. The van der Waals surface area contributed by atoms with E-state index in [-0.39, 0.29) is 11.9 Å². The van der Waals surface area contributed by atoms with Crippen LogP contribution in [-0.2, 0) is 9.53 Å². The summed E-state index contributed by atoms with van der Waals surface area (Å²) < 4.78 is 4.85. The maximum absolute atomic E-state index is 11.2. The summed E-state index contributed by atoms with van der Waals surface area (Å²) in [5.74, 6) is -0.0575. The van der Waals surface area contributed by atoms with Crippen molar-refractivity contribution in [2.24, 2.45) is 5.73 Å². The molecule has 0 aliphatic carbocycles. The van der Waals surface area contributed by atoms with Gasteiger partial charge in [0.1, 0.15) is 0 Å². The van der Waals surface area contributed by atoms with Gasteiger partial charge in [-0.25, -0.2) is 0 Å². The number of carbonyl (C=O) groups is 1. The zero-order valence-corrected chi connectivity index (χ0v) is 8.51. The van der Waals surface area contributed by atoms with Gasteiger partial charge >= 0.3 is 0 Å². The summed E-state index contributed by atoms with van der Waals surface area (Å²) in [5, 5.41) is 2.76. The van der Waals surface area contributed by atoms with E-state index in [0.29, 0.717) is 13.2 Å². The van der Waals surface area contributed by atoms with Crippen molar-refractivity contribution >= 4 is 5.91 Å². The highest BCUT2D eigenvalue weighted by atomic mass is 16.5. The van der Waals surface area contributed by atoms with Gasteiger partial charge in [0.05, 0.1) is 6.04 Å². The first-order valence-corrected chi connectivity index (χ1v) is 4.74. The van der Waals surface area contributed by atoms with E-state index in [0.717, 1.165) is 19.3 Å². The van der Waals surface area contributed by atoms with Crippen LogP contribution < -0.4 is 11.1 Å². The second-order valence-corrected chi connectivity index (χ2v) is 3.03. The van der Waals surface area contributed by atoms with Crippen molar-refractivity contribution in [3.05, 3.63) is 0 Å². The summed E-state index contributed by atoms with van der Waals surface area (Å²) in [6.45, 7) is 3.32. The number of methoxy groups -OCH3 is 1. The first-order chi connectivity index (χ1) is 6.22. The second kappa shape index (κ2) is 8.01. The Hall–Kier alpha value is -0.610. The van der Waals surface area contributed by atoms with E-state index in [9.17, 15) is 4.79 Å². The zero-order valence-electron chi connectivity index (χ0n) is 8.51. The van der Waals surface area contributed by atoms with E-state index in [1.165, 1.54) is 0 Å². The number of ether oxygens (including phenoxy) is 1. The van der Waals surface area contributed by atoms with Gasteiger partial charge in [-0.3, -0.25) is 4.79 Å². The molecule has 3 N–H and O–H groups in total. The Labute approximate surface area is 79.8 Å². The van der Waals surface area contributed by atoms with Gasteiger partial charge < -0.3 is 15.8 Å². The predicted octanol–water partition coefficient (Wildman–Crippen LogP) is 0.267. The average Bonchev–Trinajstić information content (AvgIpc) is 2.12. The Morgan fingerprint density at radius 1 is 1.62 bits per heavy atom. The molecule has 0 heterocycles. The van der Waals surface area contributed by atoms with Crippen LogP contribution in [0.25, 0.3) is 0 Å². The Bertz CT molecular complexity index is 140. The third-order valence-electron chi connectivity index (χ3n) is 1.76. The molecule has 0 saturated carbocycles. The molecule has 0 saturated heterocycles. The van der Waals surface area contributed by atoms with E-state index in [1.807, 2.05) is 6.92 Å². The van der Waals surface area contributed by atoms with Crippen LogP contribution in [0.1, 0.15) is 26.2 Å². The average molecular weight is 188 g/mol. The van der Waals surface area contributed by atoms with E-state index < -0.39 is 0 Å². The van der Waals surface area contributed by atoms with Gasteiger partial charge in [0.15, 0.2) is 0 Å². The molecule has 0 aliphatic rings. The van der Waals surface area contributed by atoms with Gasteiger partial charge in [0, 0.05) is 20.3 Å². The number of hydrogen-bond donors (Lipinski definition) is 2. The topological polar surface area (TPSA) is 64.4 Å². The van der Waals surface area contributed by atoms with Crippen molar-refractivity contribution in [2.75, 3.05) is 20.3 Å². The molecule has 1 unspecified atom stereocenters. The van der Waals surface area contributed by atoms with E-state index in [4.69, 9.17) is 10.5 Å². The van der Waals surface area contributed by atoms with Crippen LogP contribution >= 0.6 is 0 Å². The van der Waals surface area contributed by atoms with Gasteiger partial charge in [0.25, 0.3) is 0 Å². The highest BCUT2D eigenvalue weighted by molar-refractivity contribution is 5.81. The number of hydrogen-bond acceptors (Lipinski definition) is 3. The standard InChI is InChI=1S/C9H20N2O2/c1-3-5-8(10)9(12)11-6-4-7-13-2/h8H,3-7,10H2,1-2H3,(H,11,12). The van der Waals surface area contributed by atoms with Gasteiger partial charge in [-0.2, -0.15) is 0 Å². The van der Waals surface area contributed by atoms with Crippen molar-refractivity contribution in [3.8, 4) is 0 Å². The lowest BCUT2D eigenvalue weighted by molar-refractivity contribution is -0.122. The molecule has 0 bridgehead atoms. The summed E-state index contributed by atoms with van der Waals surface area (Å²) in [6.07, 6.45) is 2.52. The number of nitrogens with one attached hydrogen (secondary N) is 1. The van der Waals surface area contributed by atoms with Gasteiger partial charge in [-0.05, 0) is 12.8 Å². The molecule has 4 nitrogen and oxygen atoms in total. The Morgan fingerprint density at radius 3 is 2.85 bits per heavy atom. The minimum Gasteiger partial charge on any atom is -0.385 e. The maximum Gasteiger partial charge on any atom is 0.236 e. The van der Waals surface area contributed by atoms with Crippen molar-refractivity contribution in [3.63, 3.8) is 0 Å². The van der Waals surface area contributed by atoms with Gasteiger partial charge in [-0.1, -0.05) is 13.3 Å². The number of nitrogens with two attached hydrogens (primary N) is 1. The molecule has 0 rings (SSSR count). The third kappa shape index (κ3) is 6.54. The molecular formula is C9H20N2O2. The van der Waals surface area contributed by atoms with E-state index in [2.05, 4.69) is 5.32 Å². The van der Waals surface area contributed by atoms with Crippen LogP contribution in [0.4, 0.5) is 0 Å². The van der Waals surface area contributed by atoms with Crippen LogP contribution in [0.5, 0.6) is 0 Å². The van der Waals surface area contributed by atoms with Crippen molar-refractivity contribution < 1.29 is 9.53 Å². The monoisotopic (exact) mass is 188 g/mol. The second-order valence-electron chi connectivity index (χ2n) is 3.03. The fourth-order valence-electron chi connectivity index (χ4n) is 1.00. The molecule has 0 aliphatic heterocycles. The van der Waals surface area contributed by atoms with Gasteiger partial charge in [0.2, 0.25) is 5.91 Å². The number of carbonyl (C=O) groups excluding carboxylic acids is 1. The smallest absolute Gasteiger partial charge is 0.236 e. The number of rotatable bonds is 7. The summed E-state index contributed by atoms with van der Waals surface area (Å²) in [6, 6.07) is -0.354. The highest BCUT2D eigenvalue weighted by Gasteiger charge is 2.10. The zero-order chi connectivity index (χ0) is 10.1. The lowest BCUT2D eigenvalue weighted by Crippen LogP contribution is -2.40. The molecule has 0 fully saturated rings. The van der Waals surface area contributed by atoms with Crippen molar-refractivity contribution in [1.82, 2.24) is 5.32 Å². The molecule has 78 valence electrons. The van der Waals surface area contributed by atoms with E-state index in [1.54, 1.807) is 7.11 Å². The SMILES string of the molecule is CCCC(N)C(=O)NCCCOC. The first-order valence-electron chi connectivity index (χ1n) is 4.74. The third-order valence-corrected chi connectivity index (χ3v) is 1.76. The quantitative estimate of drug-likeness (QED) is 0.563.